The van der Waals surface area contributed by atoms with Crippen LogP contribution in [0.15, 0.2) is 29.3 Å². The lowest BCUT2D eigenvalue weighted by Crippen LogP contribution is -2.38. The Balaban J connectivity index is 0.980. The number of hydrogen-bond donors (Lipinski definition) is 3. The van der Waals surface area contributed by atoms with Crippen molar-refractivity contribution in [1.82, 2.24) is 20.1 Å². The van der Waals surface area contributed by atoms with Crippen molar-refractivity contribution in [3.8, 4) is 5.75 Å². The minimum atomic E-state index is -0.234. The first-order valence-electron chi connectivity index (χ1n) is 19.7. The highest BCUT2D eigenvalue weighted by molar-refractivity contribution is 8.00. The molecule has 3 heterocycles. The Morgan fingerprint density at radius 1 is 0.904 bits per heavy atom. The molecule has 1 aromatic heterocycles. The van der Waals surface area contributed by atoms with E-state index in [0.29, 0.717) is 49.9 Å². The largest absolute Gasteiger partial charge is 0.508 e. The average molecular weight is 735 g/mol. The molecule has 1 atom stereocenters. The van der Waals surface area contributed by atoms with Crippen molar-refractivity contribution in [2.45, 2.75) is 135 Å². The van der Waals surface area contributed by atoms with E-state index in [4.69, 9.17) is 0 Å². The highest BCUT2D eigenvalue weighted by Gasteiger charge is 2.32. The lowest BCUT2D eigenvalue weighted by atomic mass is 9.81. The van der Waals surface area contributed by atoms with Gasteiger partial charge in [0.15, 0.2) is 0 Å². The molecule has 1 aromatic carbocycles. The third-order valence-corrected chi connectivity index (χ3v) is 12.0. The van der Waals surface area contributed by atoms with Crippen LogP contribution in [0, 0.1) is 23.2 Å². The average Bonchev–Trinajstić information content (AvgIpc) is 3.75. The van der Waals surface area contributed by atoms with Gasteiger partial charge in [-0.3, -0.25) is 29.0 Å². The highest BCUT2D eigenvalue weighted by atomic mass is 32.2. The van der Waals surface area contributed by atoms with Gasteiger partial charge in [0.1, 0.15) is 11.5 Å². The zero-order chi connectivity index (χ0) is 37.6. The lowest BCUT2D eigenvalue weighted by molar-refractivity contribution is -0.138. The van der Waals surface area contributed by atoms with E-state index in [1.54, 1.807) is 0 Å². The van der Waals surface area contributed by atoms with E-state index in [-0.39, 0.29) is 39.7 Å². The van der Waals surface area contributed by atoms with Gasteiger partial charge in [-0.1, -0.05) is 48.0 Å². The minimum absolute atomic E-state index is 0.00279. The number of ketones is 1. The Bertz CT molecular complexity index is 1610. The molecule has 286 valence electrons. The second-order valence-electron chi connectivity index (χ2n) is 17.8. The number of phenols is 1. The fourth-order valence-corrected chi connectivity index (χ4v) is 9.13. The Morgan fingerprint density at radius 3 is 2.29 bits per heavy atom. The van der Waals surface area contributed by atoms with E-state index in [1.807, 2.05) is 17.8 Å². The molecule has 3 aliphatic rings. The van der Waals surface area contributed by atoms with Crippen molar-refractivity contribution in [3.63, 3.8) is 0 Å². The molecule has 9 nitrogen and oxygen atoms in total. The second kappa shape index (κ2) is 17.4. The number of carbonyl (C=O) groups excluding carboxylic acids is 4. The number of rotatable bonds is 16. The van der Waals surface area contributed by atoms with Gasteiger partial charge in [0.05, 0.1) is 10.5 Å². The summed E-state index contributed by atoms with van der Waals surface area (Å²) in [6, 6.07) is 3.94. The van der Waals surface area contributed by atoms with Crippen LogP contribution in [0.2, 0.25) is 0 Å². The maximum atomic E-state index is 12.7. The van der Waals surface area contributed by atoms with Gasteiger partial charge in [-0.15, -0.1) is 11.8 Å². The van der Waals surface area contributed by atoms with Crippen LogP contribution in [0.1, 0.15) is 123 Å². The Labute approximate surface area is 315 Å². The van der Waals surface area contributed by atoms with Crippen molar-refractivity contribution in [2.24, 2.45) is 23.2 Å². The Morgan fingerprint density at radius 2 is 1.62 bits per heavy atom. The number of carbonyl (C=O) groups is 4. The zero-order valence-corrected chi connectivity index (χ0v) is 33.3. The lowest BCUT2D eigenvalue weighted by Gasteiger charge is -2.30. The van der Waals surface area contributed by atoms with Crippen LogP contribution in [-0.4, -0.2) is 74.3 Å². The number of aromatic amines is 1. The molecule has 3 N–H and O–H groups in total. The van der Waals surface area contributed by atoms with Gasteiger partial charge in [-0.2, -0.15) is 0 Å². The summed E-state index contributed by atoms with van der Waals surface area (Å²) in [5, 5.41) is 16.5. The first kappa shape index (κ1) is 40.1. The highest BCUT2D eigenvalue weighted by Crippen LogP contribution is 2.42. The van der Waals surface area contributed by atoms with Crippen LogP contribution < -0.4 is 5.32 Å². The first-order chi connectivity index (χ1) is 24.6. The SMILES string of the molecule is CC(C)(C)Cc1c(SC(C)(C)C)[nH]c2c(CN3CC[C@H](CCC(=O)CCCCCNC(=O)C4CCC(CN5C(=O)C=CC5=O)CC4)C3)c(O)ccc12. The van der Waals surface area contributed by atoms with Crippen LogP contribution in [0.4, 0.5) is 0 Å². The molecular weight excluding hydrogens is 673 g/mol. The Kier molecular flexibility index (Phi) is 13.4. The molecule has 0 radical (unpaired) electrons. The maximum absolute atomic E-state index is 12.7. The number of Topliss-reactive ketones (excluding diaryl/α,β-unsaturated/α-hetero) is 1. The molecule has 3 amide bonds. The number of imide groups is 1. The summed E-state index contributed by atoms with van der Waals surface area (Å²) < 4.78 is 0.0655. The molecule has 1 saturated carbocycles. The van der Waals surface area contributed by atoms with E-state index in [0.717, 1.165) is 88.4 Å². The molecule has 5 rings (SSSR count). The number of benzene rings is 1. The molecular formula is C42H62N4O5S. The number of H-pyrrole nitrogens is 1. The van der Waals surface area contributed by atoms with Crippen molar-refractivity contribution >= 4 is 46.2 Å². The number of thioether (sulfide) groups is 1. The maximum Gasteiger partial charge on any atom is 0.253 e. The Hall–Kier alpha value is -3.11. The van der Waals surface area contributed by atoms with E-state index in [9.17, 15) is 24.3 Å². The quantitative estimate of drug-likeness (QED) is 0.0910. The summed E-state index contributed by atoms with van der Waals surface area (Å²) in [6.45, 7) is 17.2. The summed E-state index contributed by atoms with van der Waals surface area (Å²) in [7, 11) is 0. The molecule has 0 spiro atoms. The number of nitrogens with one attached hydrogen (secondary N) is 2. The van der Waals surface area contributed by atoms with Crippen molar-refractivity contribution in [3.05, 3.63) is 35.4 Å². The number of likely N-dealkylation sites (tertiary alicyclic amines) is 1. The van der Waals surface area contributed by atoms with Gasteiger partial charge in [-0.25, -0.2) is 0 Å². The number of hydrogen-bond acceptors (Lipinski definition) is 7. The van der Waals surface area contributed by atoms with Crippen LogP contribution >= 0.6 is 11.8 Å². The molecule has 2 fully saturated rings. The number of unbranched alkanes of at least 4 members (excludes halogenated alkanes) is 2. The number of phenolic OH excluding ortho intramolecular Hbond substituents is 1. The van der Waals surface area contributed by atoms with Crippen LogP contribution in [0.3, 0.4) is 0 Å². The smallest absolute Gasteiger partial charge is 0.253 e. The normalized spacial score (nSPS) is 21.5. The molecule has 0 unspecified atom stereocenters. The molecule has 52 heavy (non-hydrogen) atoms. The summed E-state index contributed by atoms with van der Waals surface area (Å²) >= 11 is 1.86. The first-order valence-corrected chi connectivity index (χ1v) is 20.5. The predicted molar refractivity (Wildman–Crippen MR) is 209 cm³/mol. The van der Waals surface area contributed by atoms with Gasteiger partial charge < -0.3 is 15.4 Å². The van der Waals surface area contributed by atoms with Crippen LogP contribution in [-0.2, 0) is 32.1 Å². The van der Waals surface area contributed by atoms with Gasteiger partial charge in [0, 0.05) is 72.8 Å². The fraction of sp³-hybridized carbons (Fsp3) is 0.667. The summed E-state index contributed by atoms with van der Waals surface area (Å²) in [6.07, 6.45) is 12.7. The van der Waals surface area contributed by atoms with E-state index in [1.165, 1.54) is 33.0 Å². The third kappa shape index (κ3) is 11.2. The monoisotopic (exact) mass is 734 g/mol. The molecule has 1 saturated heterocycles. The van der Waals surface area contributed by atoms with Gasteiger partial charge >= 0.3 is 0 Å². The molecule has 0 bridgehead atoms. The number of aromatic nitrogens is 1. The van der Waals surface area contributed by atoms with Crippen molar-refractivity contribution < 1.29 is 24.3 Å². The number of fused-ring (bicyclic) bond motifs is 1. The second-order valence-corrected chi connectivity index (χ2v) is 19.6. The molecule has 1 aliphatic carbocycles. The van der Waals surface area contributed by atoms with E-state index >= 15 is 0 Å². The topological polar surface area (TPSA) is 123 Å². The third-order valence-electron chi connectivity index (χ3n) is 10.8. The van der Waals surface area contributed by atoms with Gasteiger partial charge in [0.25, 0.3) is 11.8 Å². The molecule has 10 heteroatoms. The van der Waals surface area contributed by atoms with Crippen molar-refractivity contribution in [1.29, 1.82) is 0 Å². The van der Waals surface area contributed by atoms with Gasteiger partial charge in [-0.05, 0) is 99.3 Å². The van der Waals surface area contributed by atoms with Crippen molar-refractivity contribution in [2.75, 3.05) is 26.2 Å². The van der Waals surface area contributed by atoms with E-state index < -0.39 is 0 Å². The number of nitrogens with zero attached hydrogens (tertiary/aromatic N) is 2. The molecule has 2 aliphatic heterocycles. The predicted octanol–water partition coefficient (Wildman–Crippen LogP) is 7.93. The van der Waals surface area contributed by atoms with Crippen LogP contribution in [0.25, 0.3) is 10.9 Å². The number of aromatic hydroxyl groups is 1. The standard InChI is InChI=1S/C42H62N4O5S/c1-41(2,3)24-33-32-17-18-35(48)34(38(32)44-40(33)52-42(4,5)6)27-45-23-21-29(25-45)13-16-31(47)10-8-7-9-22-43-39(51)30-14-11-28(12-15-30)26-46-36(49)19-20-37(46)50/h17-20,28-30,44,48H,7-16,21-27H2,1-6H3,(H,43,51)/t28?,29-,30?/m0/s1. The fourth-order valence-electron chi connectivity index (χ4n) is 8.06. The zero-order valence-electron chi connectivity index (χ0n) is 32.4. The van der Waals surface area contributed by atoms with E-state index in [2.05, 4.69) is 62.8 Å². The molecule has 2 aromatic rings. The minimum Gasteiger partial charge on any atom is -0.508 e. The van der Waals surface area contributed by atoms with Crippen LogP contribution in [0.5, 0.6) is 5.75 Å². The summed E-state index contributed by atoms with van der Waals surface area (Å²) in [4.78, 5) is 56.6. The van der Waals surface area contributed by atoms with Gasteiger partial charge in [0.2, 0.25) is 5.91 Å². The summed E-state index contributed by atoms with van der Waals surface area (Å²) in [5.74, 6) is 1.06. The number of amides is 3. The summed E-state index contributed by atoms with van der Waals surface area (Å²) in [5.41, 5.74) is 3.50.